The molecule has 40 heavy (non-hydrogen) atoms. The van der Waals surface area contributed by atoms with E-state index < -0.39 is 47.9 Å². The van der Waals surface area contributed by atoms with Gasteiger partial charge in [0.25, 0.3) is 5.91 Å². The van der Waals surface area contributed by atoms with Gasteiger partial charge >= 0.3 is 6.09 Å². The predicted octanol–water partition coefficient (Wildman–Crippen LogP) is 4.14. The molecule has 4 amide bonds. The van der Waals surface area contributed by atoms with Gasteiger partial charge in [-0.05, 0) is 89.3 Å². The predicted molar refractivity (Wildman–Crippen MR) is 152 cm³/mol. The second-order valence-electron chi connectivity index (χ2n) is 11.2. The first-order valence-electron chi connectivity index (χ1n) is 13.4. The van der Waals surface area contributed by atoms with Crippen LogP contribution in [0.15, 0.2) is 42.5 Å². The summed E-state index contributed by atoms with van der Waals surface area (Å²) in [4.78, 5) is 54.3. The molecule has 2 unspecified atom stereocenters. The number of rotatable bonds is 10. The summed E-state index contributed by atoms with van der Waals surface area (Å²) in [5, 5.41) is 5.45. The van der Waals surface area contributed by atoms with Gasteiger partial charge in [-0.1, -0.05) is 23.8 Å². The zero-order valence-corrected chi connectivity index (χ0v) is 24.1. The third-order valence-corrected chi connectivity index (χ3v) is 6.72. The fourth-order valence-electron chi connectivity index (χ4n) is 4.65. The van der Waals surface area contributed by atoms with Crippen LogP contribution in [0, 0.1) is 13.8 Å². The van der Waals surface area contributed by atoms with Gasteiger partial charge in [-0.2, -0.15) is 0 Å². The smallest absolute Gasteiger partial charge is 0.408 e. The van der Waals surface area contributed by atoms with Crippen LogP contribution in [0.5, 0.6) is 5.75 Å². The number of carbonyl (C=O) groups excluding carboxylic acids is 4. The van der Waals surface area contributed by atoms with Crippen molar-refractivity contribution in [2.45, 2.75) is 84.0 Å². The molecule has 2 aromatic rings. The third kappa shape index (κ3) is 7.97. The van der Waals surface area contributed by atoms with Crippen molar-refractivity contribution in [3.8, 4) is 5.75 Å². The van der Waals surface area contributed by atoms with Crippen molar-refractivity contribution in [2.75, 3.05) is 12.4 Å². The van der Waals surface area contributed by atoms with Gasteiger partial charge < -0.3 is 30.7 Å². The number of methoxy groups -OCH3 is 1. The molecule has 0 saturated heterocycles. The topological polar surface area (TPSA) is 140 Å². The highest BCUT2D eigenvalue weighted by Gasteiger charge is 2.43. The zero-order chi connectivity index (χ0) is 29.6. The van der Waals surface area contributed by atoms with Crippen LogP contribution in [0.25, 0.3) is 0 Å². The average molecular weight is 553 g/mol. The summed E-state index contributed by atoms with van der Waals surface area (Å²) >= 11 is 0. The van der Waals surface area contributed by atoms with Crippen molar-refractivity contribution in [2.24, 2.45) is 5.73 Å². The average Bonchev–Trinajstić information content (AvgIpc) is 2.81. The van der Waals surface area contributed by atoms with Crippen molar-refractivity contribution in [3.05, 3.63) is 59.2 Å². The van der Waals surface area contributed by atoms with E-state index >= 15 is 0 Å². The summed E-state index contributed by atoms with van der Waals surface area (Å²) in [6.45, 7) is 8.92. The van der Waals surface area contributed by atoms with Gasteiger partial charge in [0.1, 0.15) is 23.4 Å². The first kappa shape index (κ1) is 30.5. The highest BCUT2D eigenvalue weighted by Crippen LogP contribution is 2.36. The molecule has 0 aliphatic heterocycles. The Hall–Kier alpha value is -4.08. The normalized spacial score (nSPS) is 14.8. The maximum absolute atomic E-state index is 14.2. The SMILES string of the molecule is COc1ccc(NC(=O)C(c2ccc(C)cc2C)N(C(=O)C(CC(N)=O)NC(=O)OC(C)(C)C)C2CCC2)cc1. The Labute approximate surface area is 235 Å². The second-order valence-corrected chi connectivity index (χ2v) is 11.2. The van der Waals surface area contributed by atoms with E-state index in [4.69, 9.17) is 15.2 Å². The lowest BCUT2D eigenvalue weighted by atomic mass is 9.87. The van der Waals surface area contributed by atoms with Gasteiger partial charge in [0.15, 0.2) is 0 Å². The summed E-state index contributed by atoms with van der Waals surface area (Å²) in [6.07, 6.45) is 0.943. The number of primary amides is 1. The van der Waals surface area contributed by atoms with E-state index in [9.17, 15) is 19.2 Å². The minimum absolute atomic E-state index is 0.268. The van der Waals surface area contributed by atoms with Crippen LogP contribution in [0.4, 0.5) is 10.5 Å². The van der Waals surface area contributed by atoms with E-state index in [0.29, 0.717) is 29.8 Å². The Morgan fingerprint density at radius 3 is 2.20 bits per heavy atom. The molecule has 0 radical (unpaired) electrons. The summed E-state index contributed by atoms with van der Waals surface area (Å²) in [5.74, 6) is -1.14. The largest absolute Gasteiger partial charge is 0.497 e. The number of ether oxygens (including phenoxy) is 2. The quantitative estimate of drug-likeness (QED) is 0.405. The summed E-state index contributed by atoms with van der Waals surface area (Å²) in [5.41, 5.74) is 7.67. The van der Waals surface area contributed by atoms with Gasteiger partial charge in [0, 0.05) is 11.7 Å². The molecule has 216 valence electrons. The molecule has 2 aromatic carbocycles. The van der Waals surface area contributed by atoms with Crippen LogP contribution < -0.4 is 21.1 Å². The number of aryl methyl sites for hydroxylation is 2. The highest BCUT2D eigenvalue weighted by atomic mass is 16.6. The number of anilines is 1. The first-order valence-corrected chi connectivity index (χ1v) is 13.4. The van der Waals surface area contributed by atoms with Crippen LogP contribution in [0.2, 0.25) is 0 Å². The maximum Gasteiger partial charge on any atom is 0.408 e. The fraction of sp³-hybridized carbons (Fsp3) is 0.467. The van der Waals surface area contributed by atoms with Crippen molar-refractivity contribution in [1.29, 1.82) is 0 Å². The molecule has 1 aliphatic rings. The van der Waals surface area contributed by atoms with E-state index in [0.717, 1.165) is 17.5 Å². The zero-order valence-electron chi connectivity index (χ0n) is 24.1. The molecular weight excluding hydrogens is 512 g/mol. The molecule has 2 atom stereocenters. The highest BCUT2D eigenvalue weighted by molar-refractivity contribution is 6.00. The van der Waals surface area contributed by atoms with E-state index in [1.165, 1.54) is 4.90 Å². The van der Waals surface area contributed by atoms with E-state index in [-0.39, 0.29) is 6.04 Å². The van der Waals surface area contributed by atoms with Gasteiger partial charge in [0.05, 0.1) is 13.5 Å². The Morgan fingerprint density at radius 1 is 1.05 bits per heavy atom. The molecule has 4 N–H and O–H groups in total. The molecule has 0 spiro atoms. The van der Waals surface area contributed by atoms with Crippen LogP contribution in [0.3, 0.4) is 0 Å². The molecule has 10 nitrogen and oxygen atoms in total. The number of nitrogens with zero attached hydrogens (tertiary/aromatic N) is 1. The number of hydrogen-bond acceptors (Lipinski definition) is 6. The summed E-state index contributed by atoms with van der Waals surface area (Å²) in [7, 11) is 1.56. The van der Waals surface area contributed by atoms with Crippen LogP contribution >= 0.6 is 0 Å². The number of nitrogens with one attached hydrogen (secondary N) is 2. The number of benzene rings is 2. The summed E-state index contributed by atoms with van der Waals surface area (Å²) < 4.78 is 10.6. The van der Waals surface area contributed by atoms with Crippen LogP contribution in [-0.4, -0.2) is 53.5 Å². The Morgan fingerprint density at radius 2 is 1.70 bits per heavy atom. The lowest BCUT2D eigenvalue weighted by Crippen LogP contribution is -2.57. The Bertz CT molecular complexity index is 1230. The van der Waals surface area contributed by atoms with Gasteiger partial charge in [-0.3, -0.25) is 14.4 Å². The molecule has 1 aliphatic carbocycles. The third-order valence-electron chi connectivity index (χ3n) is 6.72. The molecular formula is C30H40N4O6. The van der Waals surface area contributed by atoms with Crippen molar-refractivity contribution < 1.29 is 28.7 Å². The van der Waals surface area contributed by atoms with Gasteiger partial charge in [-0.15, -0.1) is 0 Å². The molecule has 1 saturated carbocycles. The van der Waals surface area contributed by atoms with E-state index in [1.54, 1.807) is 52.1 Å². The van der Waals surface area contributed by atoms with Crippen molar-refractivity contribution in [1.82, 2.24) is 10.2 Å². The molecule has 3 rings (SSSR count). The molecule has 0 heterocycles. The monoisotopic (exact) mass is 552 g/mol. The standard InChI is InChI=1S/C30H40N4O6/c1-18-10-15-23(19(2)16-18)26(27(36)32-20-11-13-22(39-6)14-12-20)34(21-8-7-9-21)28(37)24(17-25(31)35)33-29(38)40-30(3,4)5/h10-16,21,24,26H,7-9,17H2,1-6H3,(H2,31,35)(H,32,36)(H,33,38). The van der Waals surface area contributed by atoms with Crippen molar-refractivity contribution >= 4 is 29.5 Å². The Balaban J connectivity index is 2.05. The van der Waals surface area contributed by atoms with E-state index in [2.05, 4.69) is 10.6 Å². The number of amides is 4. The molecule has 0 aromatic heterocycles. The molecule has 0 bridgehead atoms. The number of hydrogen-bond donors (Lipinski definition) is 3. The molecule has 10 heteroatoms. The first-order chi connectivity index (χ1) is 18.8. The second kappa shape index (κ2) is 12.8. The van der Waals surface area contributed by atoms with Crippen molar-refractivity contribution in [3.63, 3.8) is 0 Å². The lowest BCUT2D eigenvalue weighted by molar-refractivity contribution is -0.146. The fourth-order valence-corrected chi connectivity index (χ4v) is 4.65. The lowest BCUT2D eigenvalue weighted by Gasteiger charge is -2.43. The minimum atomic E-state index is -1.31. The number of nitrogens with two attached hydrogens (primary N) is 1. The maximum atomic E-state index is 14.2. The molecule has 1 fully saturated rings. The number of carbonyl (C=O) groups is 4. The van der Waals surface area contributed by atoms with Crippen LogP contribution in [-0.2, 0) is 19.1 Å². The number of alkyl carbamates (subject to hydrolysis) is 1. The van der Waals surface area contributed by atoms with Gasteiger partial charge in [-0.25, -0.2) is 4.79 Å². The Kier molecular flexibility index (Phi) is 9.78. The summed E-state index contributed by atoms with van der Waals surface area (Å²) in [6, 6.07) is 9.95. The van der Waals surface area contributed by atoms with Gasteiger partial charge in [0.2, 0.25) is 11.8 Å². The minimum Gasteiger partial charge on any atom is -0.497 e. The van der Waals surface area contributed by atoms with Crippen LogP contribution in [0.1, 0.15) is 69.2 Å². The van der Waals surface area contributed by atoms with E-state index in [1.807, 2.05) is 32.0 Å².